The highest BCUT2D eigenvalue weighted by Gasteiger charge is 2.17. The predicted molar refractivity (Wildman–Crippen MR) is 109 cm³/mol. The molecule has 30 heavy (non-hydrogen) atoms. The Morgan fingerprint density at radius 3 is 2.70 bits per heavy atom. The second kappa shape index (κ2) is 10.2. The number of nitrogens with one attached hydrogen (secondary N) is 2. The van der Waals surface area contributed by atoms with Crippen LogP contribution in [0.15, 0.2) is 23.2 Å². The zero-order chi connectivity index (χ0) is 21.5. The Labute approximate surface area is 174 Å². The predicted octanol–water partition coefficient (Wildman–Crippen LogP) is 2.91. The monoisotopic (exact) mass is 422 g/mol. The van der Waals surface area contributed by atoms with Crippen molar-refractivity contribution in [1.29, 1.82) is 0 Å². The maximum absolute atomic E-state index is 12.8. The topological polar surface area (TPSA) is 85.6 Å². The first-order chi connectivity index (χ1) is 14.5. The van der Waals surface area contributed by atoms with E-state index in [0.717, 1.165) is 24.5 Å². The number of hydrogen-bond donors (Lipinski definition) is 2. The summed E-state index contributed by atoms with van der Waals surface area (Å²) < 4.78 is 37.3. The minimum atomic E-state index is -2.91. The minimum Gasteiger partial charge on any atom is -0.497 e. The third-order valence-corrected chi connectivity index (χ3v) is 5.18. The molecule has 0 saturated heterocycles. The van der Waals surface area contributed by atoms with Crippen LogP contribution in [0.4, 0.5) is 8.78 Å². The highest BCUT2D eigenvalue weighted by Crippen LogP contribution is 2.26. The standard InChI is InChI=1S/C20H28F2N6O2/c1-13-26-27-18(28(13)2)12-24-20(25-15-6-4-5-7-15)23-11-14-10-16(29-3)8-9-17(14)30-19(21)22/h8-10,15,19H,4-7,11-12H2,1-3H3,(H2,23,24,25). The van der Waals surface area contributed by atoms with Gasteiger partial charge in [-0.2, -0.15) is 8.78 Å². The van der Waals surface area contributed by atoms with E-state index in [1.54, 1.807) is 12.1 Å². The van der Waals surface area contributed by atoms with Crippen molar-refractivity contribution in [3.63, 3.8) is 0 Å². The van der Waals surface area contributed by atoms with Crippen LogP contribution in [-0.4, -0.2) is 40.5 Å². The van der Waals surface area contributed by atoms with Crippen molar-refractivity contribution < 1.29 is 18.3 Å². The lowest BCUT2D eigenvalue weighted by atomic mass is 10.2. The molecule has 10 heteroatoms. The molecule has 1 fully saturated rings. The average molecular weight is 422 g/mol. The van der Waals surface area contributed by atoms with Gasteiger partial charge in [0.05, 0.1) is 20.2 Å². The number of hydrogen-bond acceptors (Lipinski definition) is 5. The van der Waals surface area contributed by atoms with Crippen molar-refractivity contribution in [3.8, 4) is 11.5 Å². The summed E-state index contributed by atoms with van der Waals surface area (Å²) in [5, 5.41) is 14.9. The van der Waals surface area contributed by atoms with Gasteiger partial charge in [-0.3, -0.25) is 0 Å². The summed E-state index contributed by atoms with van der Waals surface area (Å²) in [6.45, 7) is -0.433. The van der Waals surface area contributed by atoms with Crippen molar-refractivity contribution in [1.82, 2.24) is 25.4 Å². The van der Waals surface area contributed by atoms with Gasteiger partial charge in [0.25, 0.3) is 0 Å². The van der Waals surface area contributed by atoms with Crippen LogP contribution in [-0.2, 0) is 20.1 Å². The quantitative estimate of drug-likeness (QED) is 0.503. The largest absolute Gasteiger partial charge is 0.497 e. The van der Waals surface area contributed by atoms with E-state index in [1.807, 2.05) is 18.5 Å². The summed E-state index contributed by atoms with van der Waals surface area (Å²) in [4.78, 5) is 4.61. The molecule has 2 N–H and O–H groups in total. The SMILES string of the molecule is COc1ccc(OC(F)F)c(CN=C(NCc2nnc(C)n2C)NC2CCCC2)c1. The van der Waals surface area contributed by atoms with Crippen LogP contribution in [0.25, 0.3) is 0 Å². The smallest absolute Gasteiger partial charge is 0.387 e. The maximum atomic E-state index is 12.8. The molecule has 1 saturated carbocycles. The van der Waals surface area contributed by atoms with E-state index in [-0.39, 0.29) is 12.3 Å². The van der Waals surface area contributed by atoms with Crippen molar-refractivity contribution in [2.24, 2.45) is 12.0 Å². The van der Waals surface area contributed by atoms with Crippen LogP contribution in [0, 0.1) is 6.92 Å². The molecule has 0 unspecified atom stereocenters. The summed E-state index contributed by atoms with van der Waals surface area (Å²) in [6, 6.07) is 5.03. The molecule has 1 aliphatic carbocycles. The molecule has 1 aromatic carbocycles. The molecule has 0 atom stereocenters. The van der Waals surface area contributed by atoms with E-state index < -0.39 is 6.61 Å². The normalized spacial score (nSPS) is 14.9. The number of rotatable bonds is 8. The van der Waals surface area contributed by atoms with Gasteiger partial charge in [-0.15, -0.1) is 10.2 Å². The molecule has 0 radical (unpaired) electrons. The number of aromatic nitrogens is 3. The van der Waals surface area contributed by atoms with Gasteiger partial charge in [-0.1, -0.05) is 12.8 Å². The summed E-state index contributed by atoms with van der Waals surface area (Å²) in [7, 11) is 3.42. The van der Waals surface area contributed by atoms with Crippen molar-refractivity contribution in [2.45, 2.75) is 58.3 Å². The lowest BCUT2D eigenvalue weighted by Crippen LogP contribution is -2.42. The molecule has 2 aromatic rings. The Kier molecular flexibility index (Phi) is 7.42. The molecule has 164 valence electrons. The Morgan fingerprint density at radius 2 is 2.07 bits per heavy atom. The van der Waals surface area contributed by atoms with Gasteiger partial charge in [0.15, 0.2) is 11.8 Å². The van der Waals surface area contributed by atoms with E-state index >= 15 is 0 Å². The number of benzene rings is 1. The van der Waals surface area contributed by atoms with Gasteiger partial charge in [0.1, 0.15) is 17.3 Å². The summed E-state index contributed by atoms with van der Waals surface area (Å²) in [5.74, 6) is 2.82. The highest BCUT2D eigenvalue weighted by molar-refractivity contribution is 5.80. The van der Waals surface area contributed by atoms with Crippen molar-refractivity contribution >= 4 is 5.96 Å². The molecule has 1 heterocycles. The fourth-order valence-electron chi connectivity index (χ4n) is 3.37. The number of aliphatic imine (C=N–C) groups is 1. The fourth-order valence-corrected chi connectivity index (χ4v) is 3.37. The third-order valence-electron chi connectivity index (χ3n) is 5.18. The lowest BCUT2D eigenvalue weighted by molar-refractivity contribution is -0.0504. The first-order valence-electron chi connectivity index (χ1n) is 9.97. The molecule has 0 amide bonds. The lowest BCUT2D eigenvalue weighted by Gasteiger charge is -2.18. The first-order valence-corrected chi connectivity index (χ1v) is 9.97. The number of halogens is 2. The van der Waals surface area contributed by atoms with Gasteiger partial charge in [-0.25, -0.2) is 4.99 Å². The molecular weight excluding hydrogens is 394 g/mol. The number of alkyl halides is 2. The minimum absolute atomic E-state index is 0.0821. The second-order valence-electron chi connectivity index (χ2n) is 7.22. The zero-order valence-electron chi connectivity index (χ0n) is 17.5. The summed E-state index contributed by atoms with van der Waals surface area (Å²) >= 11 is 0. The molecular formula is C20H28F2N6O2. The van der Waals surface area contributed by atoms with Gasteiger partial charge in [-0.05, 0) is 38.0 Å². The van der Waals surface area contributed by atoms with Gasteiger partial charge >= 0.3 is 6.61 Å². The third kappa shape index (κ3) is 5.80. The van der Waals surface area contributed by atoms with Crippen LogP contribution >= 0.6 is 0 Å². The Hall–Kier alpha value is -2.91. The van der Waals surface area contributed by atoms with Gasteiger partial charge < -0.3 is 24.7 Å². The highest BCUT2D eigenvalue weighted by atomic mass is 19.3. The molecule has 0 aliphatic heterocycles. The fraction of sp³-hybridized carbons (Fsp3) is 0.550. The number of guanidine groups is 1. The van der Waals surface area contributed by atoms with E-state index in [9.17, 15) is 8.78 Å². The molecule has 0 spiro atoms. The van der Waals surface area contributed by atoms with Crippen LogP contribution < -0.4 is 20.1 Å². The molecule has 8 nitrogen and oxygen atoms in total. The molecule has 1 aliphatic rings. The molecule has 0 bridgehead atoms. The summed E-state index contributed by atoms with van der Waals surface area (Å²) in [5.41, 5.74) is 0.511. The Morgan fingerprint density at radius 1 is 1.30 bits per heavy atom. The van der Waals surface area contributed by atoms with E-state index in [1.165, 1.54) is 26.0 Å². The van der Waals surface area contributed by atoms with Crippen molar-refractivity contribution in [2.75, 3.05) is 7.11 Å². The number of aryl methyl sites for hydroxylation is 1. The number of nitrogens with zero attached hydrogens (tertiary/aromatic N) is 4. The van der Waals surface area contributed by atoms with Crippen LogP contribution in [0.2, 0.25) is 0 Å². The zero-order valence-corrected chi connectivity index (χ0v) is 17.5. The van der Waals surface area contributed by atoms with E-state index in [0.29, 0.717) is 29.9 Å². The molecule has 3 rings (SSSR count). The Balaban J connectivity index is 1.77. The van der Waals surface area contributed by atoms with Crippen LogP contribution in [0.3, 0.4) is 0 Å². The van der Waals surface area contributed by atoms with Gasteiger partial charge in [0.2, 0.25) is 0 Å². The second-order valence-corrected chi connectivity index (χ2v) is 7.22. The number of methoxy groups -OCH3 is 1. The average Bonchev–Trinajstić information content (AvgIpc) is 3.35. The van der Waals surface area contributed by atoms with Crippen LogP contribution in [0.5, 0.6) is 11.5 Å². The van der Waals surface area contributed by atoms with Gasteiger partial charge in [0, 0.05) is 18.7 Å². The Bertz CT molecular complexity index is 865. The summed E-state index contributed by atoms with van der Waals surface area (Å²) in [6.07, 6.45) is 4.50. The van der Waals surface area contributed by atoms with E-state index in [2.05, 4.69) is 30.6 Å². The molecule has 1 aromatic heterocycles. The number of ether oxygens (including phenoxy) is 2. The van der Waals surface area contributed by atoms with E-state index in [4.69, 9.17) is 4.74 Å². The van der Waals surface area contributed by atoms with Crippen molar-refractivity contribution in [3.05, 3.63) is 35.4 Å². The first kappa shape index (κ1) is 21.8. The maximum Gasteiger partial charge on any atom is 0.387 e. The van der Waals surface area contributed by atoms with Crippen LogP contribution in [0.1, 0.15) is 42.9 Å².